The van der Waals surface area contributed by atoms with Crippen LogP contribution >= 0.6 is 11.3 Å². The number of esters is 1. The zero-order valence-electron chi connectivity index (χ0n) is 23.7. The number of nitrogens with zero attached hydrogens (tertiary/aromatic N) is 2. The molecule has 1 unspecified atom stereocenters. The third-order valence-electron chi connectivity index (χ3n) is 6.31. The second-order valence-electron chi connectivity index (χ2n) is 8.92. The lowest BCUT2D eigenvalue weighted by Crippen LogP contribution is -2.40. The highest BCUT2D eigenvalue weighted by Crippen LogP contribution is 2.38. The molecule has 10 heteroatoms. The molecule has 1 atom stereocenters. The summed E-state index contributed by atoms with van der Waals surface area (Å²) in [4.78, 5) is 32.8. The van der Waals surface area contributed by atoms with Gasteiger partial charge in [0, 0.05) is 17.7 Å². The van der Waals surface area contributed by atoms with Gasteiger partial charge < -0.3 is 24.4 Å². The summed E-state index contributed by atoms with van der Waals surface area (Å²) in [6.45, 7) is 3.83. The fourth-order valence-corrected chi connectivity index (χ4v) is 5.56. The molecule has 42 heavy (non-hydrogen) atoms. The van der Waals surface area contributed by atoms with Crippen molar-refractivity contribution in [2.24, 2.45) is 4.99 Å². The van der Waals surface area contributed by atoms with Crippen LogP contribution in [0, 0.1) is 0 Å². The first-order valence-electron chi connectivity index (χ1n) is 13.3. The van der Waals surface area contributed by atoms with Gasteiger partial charge >= 0.3 is 5.97 Å². The number of carbonyl (C=O) groups is 1. The molecule has 0 radical (unpaired) electrons. The van der Waals surface area contributed by atoms with Gasteiger partial charge in [0.15, 0.2) is 16.3 Å². The van der Waals surface area contributed by atoms with Crippen molar-refractivity contribution in [3.63, 3.8) is 0 Å². The van der Waals surface area contributed by atoms with Crippen LogP contribution in [0.2, 0.25) is 0 Å². The van der Waals surface area contributed by atoms with Gasteiger partial charge in [0.2, 0.25) is 0 Å². The van der Waals surface area contributed by atoms with Crippen molar-refractivity contribution >= 4 is 29.1 Å². The Kier molecular flexibility index (Phi) is 9.95. The Bertz CT molecular complexity index is 1770. The average molecular weight is 589 g/mol. The molecule has 0 saturated carbocycles. The molecule has 2 N–H and O–H groups in total. The summed E-state index contributed by atoms with van der Waals surface area (Å²) in [5, 5.41) is 17.6. The molecule has 4 aromatic rings. The van der Waals surface area contributed by atoms with Crippen molar-refractivity contribution in [3.8, 4) is 17.2 Å². The summed E-state index contributed by atoms with van der Waals surface area (Å²) in [6, 6.07) is 20.6. The highest BCUT2D eigenvalue weighted by molar-refractivity contribution is 7.07. The van der Waals surface area contributed by atoms with Crippen LogP contribution in [0.15, 0.2) is 88.2 Å². The first kappa shape index (κ1) is 30.3. The van der Waals surface area contributed by atoms with Gasteiger partial charge in [0.05, 0.1) is 36.6 Å². The molecule has 0 bridgehead atoms. The minimum Gasteiger partial charge on any atom is -0.504 e. The van der Waals surface area contributed by atoms with Gasteiger partial charge in [-0.15, -0.1) is 0 Å². The van der Waals surface area contributed by atoms with Crippen molar-refractivity contribution in [2.45, 2.75) is 19.9 Å². The van der Waals surface area contributed by atoms with Gasteiger partial charge in [-0.2, -0.15) is 0 Å². The topological polar surface area (TPSA) is 120 Å². The zero-order valence-corrected chi connectivity index (χ0v) is 24.6. The number of fused-ring (bicyclic) bond motifs is 1. The van der Waals surface area contributed by atoms with E-state index in [1.807, 2.05) is 48.5 Å². The third kappa shape index (κ3) is 6.14. The van der Waals surface area contributed by atoms with E-state index in [0.717, 1.165) is 5.56 Å². The molecular weight excluding hydrogens is 556 g/mol. The standard InChI is InChI=1S/C30H26N2O6S.C2H6O/c1-4-38-29(35)25-26(19-10-6-5-7-11-19)31-30-32(27(25)20-12-8-9-13-22(20)36-2)28(34)24(39-30)17-18-14-15-21(33)23(16-18)37-3;1-2-3/h5-17,27,33H,4H2,1-3H3;3H,2H2,1H3/b24-17+;. The van der Waals surface area contributed by atoms with Crippen LogP contribution in [0.4, 0.5) is 0 Å². The van der Waals surface area contributed by atoms with E-state index in [4.69, 9.17) is 24.3 Å². The SMILES string of the molecule is CCO.CCOC(=O)C1=C(c2ccccc2)N=c2s/c(=C/c3ccc(O)c(OC)c3)c(=O)n2C1c1ccccc1OC. The molecule has 218 valence electrons. The quantitative estimate of drug-likeness (QED) is 0.316. The van der Waals surface area contributed by atoms with E-state index in [0.29, 0.717) is 37.7 Å². The van der Waals surface area contributed by atoms with E-state index in [1.165, 1.54) is 29.1 Å². The van der Waals surface area contributed by atoms with Crippen LogP contribution in [-0.4, -0.2) is 48.2 Å². The first-order valence-corrected chi connectivity index (χ1v) is 14.1. The lowest BCUT2D eigenvalue weighted by molar-refractivity contribution is -0.138. The number of methoxy groups -OCH3 is 2. The molecule has 5 rings (SSSR count). The molecule has 1 aliphatic rings. The zero-order chi connectivity index (χ0) is 30.2. The first-order chi connectivity index (χ1) is 20.4. The number of rotatable bonds is 7. The maximum atomic E-state index is 14.0. The smallest absolute Gasteiger partial charge is 0.338 e. The van der Waals surface area contributed by atoms with Crippen LogP contribution < -0.4 is 24.4 Å². The predicted octanol–water partition coefficient (Wildman–Crippen LogP) is 3.66. The number of ether oxygens (including phenoxy) is 3. The van der Waals surface area contributed by atoms with Crippen LogP contribution in [0.1, 0.15) is 36.6 Å². The van der Waals surface area contributed by atoms with Crippen LogP contribution in [0.25, 0.3) is 11.8 Å². The maximum Gasteiger partial charge on any atom is 0.338 e. The number of hydrogen-bond acceptors (Lipinski definition) is 9. The number of thiazole rings is 1. The second-order valence-corrected chi connectivity index (χ2v) is 9.93. The maximum absolute atomic E-state index is 14.0. The summed E-state index contributed by atoms with van der Waals surface area (Å²) in [6.07, 6.45) is 1.71. The molecule has 0 amide bonds. The van der Waals surface area contributed by atoms with Crippen molar-refractivity contribution < 1.29 is 29.2 Å². The molecule has 9 nitrogen and oxygen atoms in total. The Morgan fingerprint density at radius 3 is 2.33 bits per heavy atom. The molecule has 0 aliphatic carbocycles. The Morgan fingerprint density at radius 2 is 1.67 bits per heavy atom. The molecule has 2 heterocycles. The number of aliphatic hydroxyl groups is 1. The van der Waals surface area contributed by atoms with Crippen molar-refractivity contribution in [1.29, 1.82) is 0 Å². The number of aliphatic hydroxyl groups excluding tert-OH is 1. The van der Waals surface area contributed by atoms with E-state index < -0.39 is 12.0 Å². The summed E-state index contributed by atoms with van der Waals surface area (Å²) in [5.41, 5.74) is 2.38. The molecular formula is C32H32N2O7S. The Balaban J connectivity index is 0.00000129. The molecule has 0 fully saturated rings. The van der Waals surface area contributed by atoms with Crippen molar-refractivity contribution in [3.05, 3.63) is 115 Å². The Hall–Kier alpha value is -4.67. The lowest BCUT2D eigenvalue weighted by atomic mass is 9.92. The summed E-state index contributed by atoms with van der Waals surface area (Å²) in [5.74, 6) is 0.253. The number of phenolic OH excluding ortho intramolecular Hbond substituents is 1. The fraction of sp³-hybridized carbons (Fsp3) is 0.219. The molecule has 0 saturated heterocycles. The molecule has 1 aromatic heterocycles. The molecule has 1 aliphatic heterocycles. The van der Waals surface area contributed by atoms with Crippen LogP contribution in [-0.2, 0) is 9.53 Å². The number of hydrogen-bond donors (Lipinski definition) is 2. The molecule has 3 aromatic carbocycles. The van der Waals surface area contributed by atoms with Crippen LogP contribution in [0.3, 0.4) is 0 Å². The van der Waals surface area contributed by atoms with Gasteiger partial charge in [-0.1, -0.05) is 65.9 Å². The van der Waals surface area contributed by atoms with Gasteiger partial charge in [-0.05, 0) is 43.7 Å². The van der Waals surface area contributed by atoms with Crippen molar-refractivity contribution in [2.75, 3.05) is 27.4 Å². The monoisotopic (exact) mass is 588 g/mol. The van der Waals surface area contributed by atoms with Gasteiger partial charge in [-0.25, -0.2) is 9.79 Å². The highest BCUT2D eigenvalue weighted by atomic mass is 32.1. The van der Waals surface area contributed by atoms with Crippen LogP contribution in [0.5, 0.6) is 17.2 Å². The number of aromatic nitrogens is 1. The van der Waals surface area contributed by atoms with Gasteiger partial charge in [0.1, 0.15) is 11.8 Å². The molecule has 0 spiro atoms. The number of aromatic hydroxyl groups is 1. The van der Waals surface area contributed by atoms with Gasteiger partial charge in [0.25, 0.3) is 5.56 Å². The second kappa shape index (κ2) is 13.8. The largest absolute Gasteiger partial charge is 0.504 e. The minimum absolute atomic E-state index is 0.00105. The van der Waals surface area contributed by atoms with E-state index in [-0.39, 0.29) is 30.1 Å². The Labute approximate surface area is 246 Å². The minimum atomic E-state index is -0.844. The highest BCUT2D eigenvalue weighted by Gasteiger charge is 2.36. The third-order valence-corrected chi connectivity index (χ3v) is 7.29. The normalized spacial score (nSPS) is 14.3. The fourth-order valence-electron chi connectivity index (χ4n) is 4.56. The summed E-state index contributed by atoms with van der Waals surface area (Å²) in [7, 11) is 3.01. The van der Waals surface area contributed by atoms with E-state index in [1.54, 1.807) is 45.2 Å². The van der Waals surface area contributed by atoms with E-state index in [9.17, 15) is 14.7 Å². The number of carbonyl (C=O) groups excluding carboxylic acids is 1. The predicted molar refractivity (Wildman–Crippen MR) is 161 cm³/mol. The lowest BCUT2D eigenvalue weighted by Gasteiger charge is -2.27. The Morgan fingerprint density at radius 1 is 1.00 bits per heavy atom. The number of phenols is 1. The van der Waals surface area contributed by atoms with E-state index >= 15 is 0 Å². The summed E-state index contributed by atoms with van der Waals surface area (Å²) >= 11 is 1.21. The summed E-state index contributed by atoms with van der Waals surface area (Å²) < 4.78 is 18.3. The average Bonchev–Trinajstić information content (AvgIpc) is 3.32. The number of para-hydroxylation sites is 1. The van der Waals surface area contributed by atoms with Gasteiger partial charge in [-0.3, -0.25) is 9.36 Å². The number of benzene rings is 3. The van der Waals surface area contributed by atoms with Crippen molar-refractivity contribution in [1.82, 2.24) is 4.57 Å². The van der Waals surface area contributed by atoms with E-state index in [2.05, 4.69) is 0 Å².